The minimum absolute atomic E-state index is 0.0161. The van der Waals surface area contributed by atoms with Gasteiger partial charge in [-0.25, -0.2) is 4.39 Å². The topological polar surface area (TPSA) is 69.7 Å². The van der Waals surface area contributed by atoms with Crippen molar-refractivity contribution in [3.05, 3.63) is 59.4 Å². The summed E-state index contributed by atoms with van der Waals surface area (Å²) in [6, 6.07) is 10.9. The van der Waals surface area contributed by atoms with Gasteiger partial charge in [0.2, 0.25) is 11.8 Å². The third kappa shape index (κ3) is 4.20. The van der Waals surface area contributed by atoms with Gasteiger partial charge in [-0.2, -0.15) is 0 Å². The van der Waals surface area contributed by atoms with E-state index in [1.165, 1.54) is 24.3 Å². The van der Waals surface area contributed by atoms with E-state index in [-0.39, 0.29) is 24.1 Å². The van der Waals surface area contributed by atoms with Gasteiger partial charge in [0, 0.05) is 49.4 Å². The Morgan fingerprint density at radius 3 is 2.50 bits per heavy atom. The molecule has 0 radical (unpaired) electrons. The molecule has 2 aliphatic heterocycles. The number of halogens is 1. The fourth-order valence-electron chi connectivity index (χ4n) is 4.10. The number of hydrogen-bond donors (Lipinski definition) is 1. The van der Waals surface area contributed by atoms with Crippen molar-refractivity contribution in [1.82, 2.24) is 4.90 Å². The Morgan fingerprint density at radius 2 is 1.77 bits per heavy atom. The zero-order chi connectivity index (χ0) is 21.1. The van der Waals surface area contributed by atoms with Crippen molar-refractivity contribution in [3.63, 3.8) is 0 Å². The van der Waals surface area contributed by atoms with Crippen LogP contribution >= 0.6 is 0 Å². The summed E-state index contributed by atoms with van der Waals surface area (Å²) in [4.78, 5) is 40.7. The first-order chi connectivity index (χ1) is 14.5. The lowest BCUT2D eigenvalue weighted by Gasteiger charge is -2.31. The van der Waals surface area contributed by atoms with Gasteiger partial charge >= 0.3 is 0 Å². The molecule has 30 heavy (non-hydrogen) atoms. The Kier molecular flexibility index (Phi) is 5.79. The Labute approximate surface area is 174 Å². The summed E-state index contributed by atoms with van der Waals surface area (Å²) in [5.74, 6) is -0.613. The summed E-state index contributed by atoms with van der Waals surface area (Å²) in [5, 5.41) is 2.90. The van der Waals surface area contributed by atoms with Gasteiger partial charge in [-0.3, -0.25) is 14.4 Å². The molecule has 3 amide bonds. The summed E-state index contributed by atoms with van der Waals surface area (Å²) in [5.41, 5.74) is 2.75. The van der Waals surface area contributed by atoms with Crippen LogP contribution in [0.1, 0.15) is 41.6 Å². The van der Waals surface area contributed by atoms with E-state index in [9.17, 15) is 18.8 Å². The molecule has 1 N–H and O–H groups in total. The maximum Gasteiger partial charge on any atom is 0.255 e. The Bertz CT molecular complexity index is 974. The molecule has 7 heteroatoms. The van der Waals surface area contributed by atoms with E-state index >= 15 is 0 Å². The van der Waals surface area contributed by atoms with Gasteiger partial charge in [-0.1, -0.05) is 6.07 Å². The minimum Gasteiger partial charge on any atom is -0.342 e. The van der Waals surface area contributed by atoms with Gasteiger partial charge in [0.05, 0.1) is 0 Å². The van der Waals surface area contributed by atoms with E-state index in [1.807, 2.05) is 18.2 Å². The molecule has 2 heterocycles. The van der Waals surface area contributed by atoms with Crippen molar-refractivity contribution in [2.24, 2.45) is 0 Å². The second-order valence-electron chi connectivity index (χ2n) is 7.65. The van der Waals surface area contributed by atoms with E-state index in [1.54, 1.807) is 9.80 Å². The molecule has 1 fully saturated rings. The second kappa shape index (κ2) is 8.65. The maximum atomic E-state index is 13.1. The summed E-state index contributed by atoms with van der Waals surface area (Å²) in [7, 11) is 0. The second-order valence-corrected chi connectivity index (χ2v) is 7.65. The molecule has 2 aliphatic rings. The van der Waals surface area contributed by atoms with Crippen LogP contribution < -0.4 is 10.2 Å². The molecule has 6 nitrogen and oxygen atoms in total. The molecule has 2 aromatic carbocycles. The Hall–Kier alpha value is -3.22. The van der Waals surface area contributed by atoms with E-state index in [4.69, 9.17) is 0 Å². The first-order valence-corrected chi connectivity index (χ1v) is 10.3. The highest BCUT2D eigenvalue weighted by Gasteiger charge is 2.26. The molecule has 0 aromatic heterocycles. The van der Waals surface area contributed by atoms with E-state index in [0.717, 1.165) is 37.1 Å². The molecule has 0 saturated carbocycles. The van der Waals surface area contributed by atoms with Crippen LogP contribution in [-0.2, 0) is 16.0 Å². The van der Waals surface area contributed by atoms with Gasteiger partial charge in [-0.15, -0.1) is 0 Å². The van der Waals surface area contributed by atoms with Gasteiger partial charge in [0.25, 0.3) is 5.91 Å². The molecule has 0 bridgehead atoms. The third-order valence-electron chi connectivity index (χ3n) is 5.67. The van der Waals surface area contributed by atoms with E-state index < -0.39 is 5.82 Å². The van der Waals surface area contributed by atoms with Crippen molar-refractivity contribution in [3.8, 4) is 0 Å². The number of fused-ring (bicyclic) bond motifs is 1. The smallest absolute Gasteiger partial charge is 0.255 e. The van der Waals surface area contributed by atoms with Gasteiger partial charge in [0.1, 0.15) is 5.82 Å². The molecule has 0 spiro atoms. The Balaban J connectivity index is 1.48. The molecule has 0 atom stereocenters. The van der Waals surface area contributed by atoms with Crippen LogP contribution in [0.25, 0.3) is 0 Å². The van der Waals surface area contributed by atoms with Crippen LogP contribution in [0.15, 0.2) is 42.5 Å². The number of rotatable bonds is 5. The fraction of sp³-hybridized carbons (Fsp3) is 0.348. The van der Waals surface area contributed by atoms with E-state index in [2.05, 4.69) is 5.32 Å². The van der Waals surface area contributed by atoms with Crippen molar-refractivity contribution < 1.29 is 18.8 Å². The highest BCUT2D eigenvalue weighted by Crippen LogP contribution is 2.33. The van der Waals surface area contributed by atoms with Crippen molar-refractivity contribution in [1.29, 1.82) is 0 Å². The minimum atomic E-state index is -0.395. The average molecular weight is 409 g/mol. The normalized spacial score (nSPS) is 15.8. The van der Waals surface area contributed by atoms with Gasteiger partial charge < -0.3 is 15.1 Å². The monoisotopic (exact) mass is 409 g/mol. The summed E-state index contributed by atoms with van der Waals surface area (Å²) in [6.07, 6.45) is 3.26. The molecule has 2 aromatic rings. The van der Waals surface area contributed by atoms with Crippen LogP contribution in [0.5, 0.6) is 0 Å². The molecule has 4 rings (SSSR count). The van der Waals surface area contributed by atoms with Crippen LogP contribution in [0, 0.1) is 5.82 Å². The lowest BCUT2D eigenvalue weighted by atomic mass is 9.99. The van der Waals surface area contributed by atoms with Crippen LogP contribution in [-0.4, -0.2) is 42.3 Å². The van der Waals surface area contributed by atoms with Crippen LogP contribution in [0.4, 0.5) is 15.8 Å². The molecule has 0 aliphatic carbocycles. The largest absolute Gasteiger partial charge is 0.342 e. The summed E-state index contributed by atoms with van der Waals surface area (Å²) < 4.78 is 13.1. The summed E-state index contributed by atoms with van der Waals surface area (Å²) >= 11 is 0. The first-order valence-electron chi connectivity index (χ1n) is 10.3. The van der Waals surface area contributed by atoms with Crippen LogP contribution in [0.2, 0.25) is 0 Å². The molecule has 156 valence electrons. The van der Waals surface area contributed by atoms with E-state index in [0.29, 0.717) is 30.8 Å². The highest BCUT2D eigenvalue weighted by atomic mass is 19.1. The van der Waals surface area contributed by atoms with Gasteiger partial charge in [-0.05, 0) is 61.2 Å². The third-order valence-corrected chi connectivity index (χ3v) is 5.67. The number of likely N-dealkylation sites (tertiary alicyclic amines) is 1. The Morgan fingerprint density at radius 1 is 1.00 bits per heavy atom. The average Bonchev–Trinajstić information content (AvgIpc) is 3.17. The van der Waals surface area contributed by atoms with Crippen LogP contribution in [0.3, 0.4) is 0 Å². The molecular formula is C23H24FN3O3. The number of benzene rings is 2. The van der Waals surface area contributed by atoms with Crippen molar-refractivity contribution in [2.45, 2.75) is 32.1 Å². The zero-order valence-electron chi connectivity index (χ0n) is 16.7. The molecular weight excluding hydrogens is 385 g/mol. The standard InChI is InChI=1S/C23H24FN3O3/c24-17-10-8-16(9-11-17)23(30)25-19-5-1-6-20-18(19)4-2-14-27(20)22(29)12-15-26-13-3-7-21(26)28/h1,5-6,8-11H,2-4,7,12-15H2,(H,25,30). The number of nitrogens with one attached hydrogen (secondary N) is 1. The lowest BCUT2D eigenvalue weighted by molar-refractivity contribution is -0.128. The lowest BCUT2D eigenvalue weighted by Crippen LogP contribution is -2.38. The number of amides is 3. The predicted octanol–water partition coefficient (Wildman–Crippen LogP) is 3.37. The highest BCUT2D eigenvalue weighted by molar-refractivity contribution is 6.05. The van der Waals surface area contributed by atoms with Gasteiger partial charge in [0.15, 0.2) is 0 Å². The fourth-order valence-corrected chi connectivity index (χ4v) is 4.10. The quantitative estimate of drug-likeness (QED) is 0.823. The summed E-state index contributed by atoms with van der Waals surface area (Å²) in [6.45, 7) is 1.79. The first kappa shape index (κ1) is 20.1. The van der Waals surface area contributed by atoms with Crippen molar-refractivity contribution in [2.75, 3.05) is 29.9 Å². The number of anilines is 2. The number of carbonyl (C=O) groups excluding carboxylic acids is 3. The SMILES string of the molecule is O=C(Nc1cccc2c1CCCN2C(=O)CCN1CCCC1=O)c1ccc(F)cc1. The zero-order valence-corrected chi connectivity index (χ0v) is 16.7. The predicted molar refractivity (Wildman–Crippen MR) is 112 cm³/mol. The molecule has 1 saturated heterocycles. The number of nitrogens with zero attached hydrogens (tertiary/aromatic N) is 2. The number of carbonyl (C=O) groups is 3. The van der Waals surface area contributed by atoms with Crippen molar-refractivity contribution >= 4 is 29.1 Å². The molecule has 0 unspecified atom stereocenters. The number of hydrogen-bond acceptors (Lipinski definition) is 3. The maximum absolute atomic E-state index is 13.1.